The van der Waals surface area contributed by atoms with Gasteiger partial charge in [0, 0.05) is 6.42 Å². The zero-order chi connectivity index (χ0) is 29.7. The molecule has 13 nitrogen and oxygen atoms in total. The van der Waals surface area contributed by atoms with Crippen molar-refractivity contribution in [1.82, 2.24) is 0 Å². The van der Waals surface area contributed by atoms with E-state index < -0.39 is 0 Å². The van der Waals surface area contributed by atoms with E-state index in [4.69, 9.17) is 57.2 Å². The largest absolute Gasteiger partial charge is 0.463 e. The lowest BCUT2D eigenvalue weighted by Crippen LogP contribution is -2.15. The van der Waals surface area contributed by atoms with Crippen molar-refractivity contribution in [3.05, 3.63) is 0 Å². The Morgan fingerprint density at radius 1 is 0.415 bits per heavy atom. The van der Waals surface area contributed by atoms with E-state index in [1.165, 1.54) is 0 Å². The van der Waals surface area contributed by atoms with Crippen molar-refractivity contribution in [3.63, 3.8) is 0 Å². The minimum Gasteiger partial charge on any atom is -0.463 e. The summed E-state index contributed by atoms with van der Waals surface area (Å²) in [5, 5.41) is 8.57. The highest BCUT2D eigenvalue weighted by atomic mass is 16.6. The first kappa shape index (κ1) is 40.0. The van der Waals surface area contributed by atoms with Crippen molar-refractivity contribution in [3.8, 4) is 0 Å². The number of aliphatic hydroxyl groups is 1. The lowest BCUT2D eigenvalue weighted by molar-refractivity contribution is -0.145. The van der Waals surface area contributed by atoms with Gasteiger partial charge in [0.25, 0.3) is 0 Å². The molecule has 246 valence electrons. The number of unbranched alkanes of at least 4 members (excludes halogenated alkanes) is 2. The molecule has 41 heavy (non-hydrogen) atoms. The Morgan fingerprint density at radius 3 is 0.951 bits per heavy atom. The minimum absolute atomic E-state index is 0.0238. The molecule has 0 atom stereocenters. The molecule has 0 aliphatic rings. The fourth-order valence-corrected chi connectivity index (χ4v) is 2.95. The van der Waals surface area contributed by atoms with Gasteiger partial charge < -0.3 is 57.2 Å². The lowest BCUT2D eigenvalue weighted by Gasteiger charge is -2.09. The van der Waals surface area contributed by atoms with Gasteiger partial charge in [-0.1, -0.05) is 19.8 Å². The van der Waals surface area contributed by atoms with E-state index in [2.05, 4.69) is 6.92 Å². The van der Waals surface area contributed by atoms with Crippen LogP contribution in [-0.4, -0.2) is 156 Å². The first-order valence-electron chi connectivity index (χ1n) is 14.8. The summed E-state index contributed by atoms with van der Waals surface area (Å²) in [6.07, 6.45) is 3.49. The Bertz CT molecular complexity index is 500. The van der Waals surface area contributed by atoms with E-state index in [9.17, 15) is 4.79 Å². The average Bonchev–Trinajstić information content (AvgIpc) is 2.98. The monoisotopic (exact) mass is 600 g/mol. The summed E-state index contributed by atoms with van der Waals surface area (Å²) < 4.78 is 58.9. The minimum atomic E-state index is -0.161. The first-order valence-corrected chi connectivity index (χ1v) is 14.8. The summed E-state index contributed by atoms with van der Waals surface area (Å²) in [6.45, 7) is 12.0. The van der Waals surface area contributed by atoms with Crippen LogP contribution in [0.2, 0.25) is 0 Å². The van der Waals surface area contributed by atoms with Gasteiger partial charge in [0.2, 0.25) is 0 Å². The van der Waals surface area contributed by atoms with Gasteiger partial charge in [-0.2, -0.15) is 0 Å². The van der Waals surface area contributed by atoms with Gasteiger partial charge >= 0.3 is 5.97 Å². The molecule has 0 aromatic heterocycles. The van der Waals surface area contributed by atoms with Crippen LogP contribution in [0.3, 0.4) is 0 Å². The third-order valence-electron chi connectivity index (χ3n) is 5.06. The van der Waals surface area contributed by atoms with Crippen LogP contribution in [0.1, 0.15) is 32.6 Å². The molecule has 0 fully saturated rings. The van der Waals surface area contributed by atoms with E-state index >= 15 is 0 Å². The molecule has 0 amide bonds. The smallest absolute Gasteiger partial charge is 0.305 e. The Balaban J connectivity index is 3.06. The maximum Gasteiger partial charge on any atom is 0.305 e. The highest BCUT2D eigenvalue weighted by molar-refractivity contribution is 5.69. The molecular weight excluding hydrogens is 544 g/mol. The zero-order valence-electron chi connectivity index (χ0n) is 25.2. The quantitative estimate of drug-likeness (QED) is 0.0816. The van der Waals surface area contributed by atoms with Gasteiger partial charge in [-0.3, -0.25) is 4.79 Å². The van der Waals surface area contributed by atoms with Crippen LogP contribution in [0.5, 0.6) is 0 Å². The molecule has 0 unspecified atom stereocenters. The molecule has 0 saturated carbocycles. The van der Waals surface area contributed by atoms with Gasteiger partial charge in [-0.25, -0.2) is 0 Å². The maximum absolute atomic E-state index is 11.4. The number of carbonyl (C=O) groups excluding carboxylic acids is 1. The Labute approximate surface area is 246 Å². The van der Waals surface area contributed by atoms with E-state index in [0.717, 1.165) is 19.3 Å². The molecule has 0 rings (SSSR count). The van der Waals surface area contributed by atoms with E-state index in [1.54, 1.807) is 0 Å². The average molecular weight is 601 g/mol. The van der Waals surface area contributed by atoms with Crippen LogP contribution in [0.4, 0.5) is 0 Å². The molecule has 0 bridgehead atoms. The lowest BCUT2D eigenvalue weighted by atomic mass is 10.2. The van der Waals surface area contributed by atoms with Crippen LogP contribution >= 0.6 is 0 Å². The van der Waals surface area contributed by atoms with Crippen LogP contribution < -0.4 is 0 Å². The second-order valence-corrected chi connectivity index (χ2v) is 8.52. The molecule has 0 saturated heterocycles. The summed E-state index contributed by atoms with van der Waals surface area (Å²) in [5.74, 6) is -0.161. The van der Waals surface area contributed by atoms with E-state index in [1.807, 2.05) is 0 Å². The second-order valence-electron chi connectivity index (χ2n) is 8.52. The molecule has 1 N–H and O–H groups in total. The molecule has 13 heteroatoms. The number of carbonyl (C=O) groups is 1. The van der Waals surface area contributed by atoms with Gasteiger partial charge in [-0.15, -0.1) is 0 Å². The molecule has 0 aliphatic heterocycles. The van der Waals surface area contributed by atoms with E-state index in [0.29, 0.717) is 139 Å². The third-order valence-corrected chi connectivity index (χ3v) is 5.06. The zero-order valence-corrected chi connectivity index (χ0v) is 25.2. The molecule has 0 spiro atoms. The molecule has 0 aromatic carbocycles. The van der Waals surface area contributed by atoms with E-state index in [-0.39, 0.29) is 19.2 Å². The van der Waals surface area contributed by atoms with Crippen molar-refractivity contribution >= 4 is 5.97 Å². The molecule has 0 radical (unpaired) electrons. The normalized spacial score (nSPS) is 11.4. The summed E-state index contributed by atoms with van der Waals surface area (Å²) in [7, 11) is 0. The van der Waals surface area contributed by atoms with Crippen LogP contribution in [0.25, 0.3) is 0 Å². The third kappa shape index (κ3) is 37.0. The topological polar surface area (TPSA) is 139 Å². The van der Waals surface area contributed by atoms with Crippen molar-refractivity contribution in [2.75, 3.05) is 145 Å². The molecule has 0 aliphatic carbocycles. The predicted octanol–water partition coefficient (Wildman–Crippen LogP) is 1.27. The molecule has 0 heterocycles. The molecular formula is C28H56O13. The maximum atomic E-state index is 11.4. The predicted molar refractivity (Wildman–Crippen MR) is 150 cm³/mol. The number of rotatable bonds is 36. The van der Waals surface area contributed by atoms with Crippen LogP contribution in [0.15, 0.2) is 0 Å². The number of esters is 1. The number of aliphatic hydroxyl groups excluding tert-OH is 1. The first-order chi connectivity index (χ1) is 20.3. The fourth-order valence-electron chi connectivity index (χ4n) is 2.95. The Hall–Kier alpha value is -0.970. The van der Waals surface area contributed by atoms with Gasteiger partial charge in [0.05, 0.1) is 139 Å². The van der Waals surface area contributed by atoms with Gasteiger partial charge in [0.15, 0.2) is 0 Å². The summed E-state index contributed by atoms with van der Waals surface area (Å²) in [4.78, 5) is 11.4. The number of hydrogen-bond donors (Lipinski definition) is 1. The highest BCUT2D eigenvalue weighted by Gasteiger charge is 2.02. The fraction of sp³-hybridized carbons (Fsp3) is 0.964. The van der Waals surface area contributed by atoms with Crippen molar-refractivity contribution in [2.24, 2.45) is 0 Å². The van der Waals surface area contributed by atoms with Crippen molar-refractivity contribution in [1.29, 1.82) is 0 Å². The summed E-state index contributed by atoms with van der Waals surface area (Å²) in [5.41, 5.74) is 0. The Morgan fingerprint density at radius 2 is 0.683 bits per heavy atom. The Kier molecular flexibility index (Phi) is 36.2. The second kappa shape index (κ2) is 37.1. The highest BCUT2D eigenvalue weighted by Crippen LogP contribution is 2.00. The summed E-state index contributed by atoms with van der Waals surface area (Å²) in [6, 6.07) is 0. The van der Waals surface area contributed by atoms with Crippen LogP contribution in [-0.2, 0) is 56.9 Å². The van der Waals surface area contributed by atoms with Crippen LogP contribution in [0, 0.1) is 0 Å². The number of hydrogen-bond acceptors (Lipinski definition) is 13. The van der Waals surface area contributed by atoms with Crippen molar-refractivity contribution < 1.29 is 62.0 Å². The molecule has 0 aromatic rings. The standard InChI is InChI=1S/C28H56O13/c1-2-3-4-5-28(30)41-27-26-40-25-24-39-23-22-38-21-20-37-19-18-36-17-16-35-15-14-34-13-12-33-11-10-32-9-8-31-7-6-29/h29H,2-27H2,1H3. The van der Waals surface area contributed by atoms with Gasteiger partial charge in [0.1, 0.15) is 6.61 Å². The SMILES string of the molecule is CCCCCC(=O)OCCOCCOCCOCCOCCOCCOCCOCCOCCOCCOCCO. The summed E-state index contributed by atoms with van der Waals surface area (Å²) >= 11 is 0. The number of ether oxygens (including phenoxy) is 11. The van der Waals surface area contributed by atoms with Crippen molar-refractivity contribution in [2.45, 2.75) is 32.6 Å². The van der Waals surface area contributed by atoms with Gasteiger partial charge in [-0.05, 0) is 6.42 Å².